The molecule has 0 heterocycles. The molecule has 2 aromatic carbocycles. The lowest BCUT2D eigenvalue weighted by molar-refractivity contribution is -0.385. The number of nitro benzene ring substituents is 1. The van der Waals surface area contributed by atoms with Crippen molar-refractivity contribution >= 4 is 41.9 Å². The number of carbonyl (C=O) groups excluding carboxylic acids is 2. The highest BCUT2D eigenvalue weighted by Gasteiger charge is 2.29. The van der Waals surface area contributed by atoms with Gasteiger partial charge in [-0.05, 0) is 29.7 Å². The number of non-ortho nitro benzene ring substituents is 1. The Morgan fingerprint density at radius 3 is 2.31 bits per heavy atom. The number of halogens is 1. The lowest BCUT2D eigenvalue weighted by atomic mass is 9.99. The average Bonchev–Trinajstić information content (AvgIpc) is 2.72. The summed E-state index contributed by atoms with van der Waals surface area (Å²) in [5, 5.41) is 11.3. The smallest absolute Gasteiger partial charge is 0.304 e. The minimum absolute atomic E-state index is 0.218. The standard InChI is InChI=1S/C20H21BrNO9P/c1-13(23)28-11-30-20(32(27)31-12-29-14(2)24)19-10-18(22(25)26)8-5-16(19)9-15-3-6-17(21)7-4-15/h3-8,10,20,27H,9,11-12H2,1-2H3/t20-,32?/m0/s1. The predicted molar refractivity (Wildman–Crippen MR) is 117 cm³/mol. The Morgan fingerprint density at radius 2 is 1.72 bits per heavy atom. The molecule has 1 unspecified atom stereocenters. The molecule has 0 aliphatic rings. The number of nitro groups is 1. The predicted octanol–water partition coefficient (Wildman–Crippen LogP) is 4.33. The quantitative estimate of drug-likeness (QED) is 0.148. The number of esters is 2. The van der Waals surface area contributed by atoms with E-state index in [2.05, 4.69) is 20.7 Å². The van der Waals surface area contributed by atoms with Crippen molar-refractivity contribution in [3.8, 4) is 0 Å². The van der Waals surface area contributed by atoms with E-state index in [1.807, 2.05) is 24.3 Å². The van der Waals surface area contributed by atoms with Gasteiger partial charge in [0.2, 0.25) is 8.38 Å². The summed E-state index contributed by atoms with van der Waals surface area (Å²) in [6.07, 6.45) is 0.376. The molecular formula is C20H21BrNO9P. The first kappa shape index (κ1) is 25.8. The fourth-order valence-electron chi connectivity index (χ4n) is 2.59. The fraction of sp³-hybridized carbons (Fsp3) is 0.300. The van der Waals surface area contributed by atoms with Crippen LogP contribution in [-0.2, 0) is 34.7 Å². The zero-order valence-corrected chi connectivity index (χ0v) is 19.7. The molecule has 0 aromatic heterocycles. The minimum atomic E-state index is -2.43. The second-order valence-corrected chi connectivity index (χ2v) is 8.65. The average molecular weight is 530 g/mol. The van der Waals surface area contributed by atoms with E-state index in [0.29, 0.717) is 12.0 Å². The van der Waals surface area contributed by atoms with Gasteiger partial charge in [0.1, 0.15) is 0 Å². The molecule has 2 rings (SSSR count). The molecule has 0 radical (unpaired) electrons. The Balaban J connectivity index is 2.40. The van der Waals surface area contributed by atoms with Crippen LogP contribution in [0, 0.1) is 10.1 Å². The van der Waals surface area contributed by atoms with E-state index >= 15 is 0 Å². The van der Waals surface area contributed by atoms with Gasteiger partial charge in [-0.15, -0.1) is 0 Å². The molecule has 1 N–H and O–H groups in total. The molecule has 0 saturated carbocycles. The Morgan fingerprint density at radius 1 is 1.09 bits per heavy atom. The molecular weight excluding hydrogens is 509 g/mol. The zero-order valence-electron chi connectivity index (χ0n) is 17.2. The molecule has 0 aliphatic carbocycles. The number of hydrogen-bond acceptors (Lipinski definition) is 9. The molecule has 0 saturated heterocycles. The summed E-state index contributed by atoms with van der Waals surface area (Å²) >= 11 is 3.37. The maximum Gasteiger partial charge on any atom is 0.304 e. The van der Waals surface area contributed by atoms with Crippen LogP contribution in [-0.4, -0.2) is 35.3 Å². The number of benzene rings is 2. The molecule has 0 aliphatic heterocycles. The van der Waals surface area contributed by atoms with Gasteiger partial charge in [0, 0.05) is 36.0 Å². The van der Waals surface area contributed by atoms with Crippen molar-refractivity contribution in [3.05, 3.63) is 73.7 Å². The molecule has 0 bridgehead atoms. The van der Waals surface area contributed by atoms with Crippen molar-refractivity contribution in [2.45, 2.75) is 26.1 Å². The molecule has 172 valence electrons. The highest BCUT2D eigenvalue weighted by Crippen LogP contribution is 2.51. The Hall–Kier alpha value is -2.43. The van der Waals surface area contributed by atoms with E-state index < -0.39 is 44.7 Å². The van der Waals surface area contributed by atoms with Gasteiger partial charge in [0.15, 0.2) is 19.4 Å². The van der Waals surface area contributed by atoms with Gasteiger partial charge in [-0.25, -0.2) is 0 Å². The maximum atomic E-state index is 11.3. The van der Waals surface area contributed by atoms with Crippen LogP contribution in [0.15, 0.2) is 46.9 Å². The SMILES string of the molecule is CC(=O)OCO[C@H](c1cc([N+](=O)[O-])ccc1Cc1ccc(Br)cc1)P(O)OCOC(C)=O. The normalized spacial score (nSPS) is 12.6. The Bertz CT molecular complexity index is 955. The van der Waals surface area contributed by atoms with Gasteiger partial charge in [-0.2, -0.15) is 0 Å². The summed E-state index contributed by atoms with van der Waals surface area (Å²) in [6.45, 7) is 1.30. The van der Waals surface area contributed by atoms with Crippen molar-refractivity contribution < 1.29 is 38.1 Å². The Labute approximate surface area is 193 Å². The number of carbonyl (C=O) groups is 2. The molecule has 12 heteroatoms. The van der Waals surface area contributed by atoms with E-state index in [1.165, 1.54) is 26.0 Å². The summed E-state index contributed by atoms with van der Waals surface area (Å²) in [5.74, 6) is -2.44. The summed E-state index contributed by atoms with van der Waals surface area (Å²) in [6, 6.07) is 11.7. The summed E-state index contributed by atoms with van der Waals surface area (Å²) in [5.41, 5.74) is 1.60. The first-order valence-electron chi connectivity index (χ1n) is 9.18. The topological polar surface area (TPSA) is 134 Å². The van der Waals surface area contributed by atoms with Crippen LogP contribution in [0.5, 0.6) is 0 Å². The summed E-state index contributed by atoms with van der Waals surface area (Å²) in [7, 11) is -2.43. The third-order valence-corrected chi connectivity index (χ3v) is 5.78. The lowest BCUT2D eigenvalue weighted by Crippen LogP contribution is -2.13. The van der Waals surface area contributed by atoms with Crippen LogP contribution in [0.1, 0.15) is 36.4 Å². The lowest BCUT2D eigenvalue weighted by Gasteiger charge is -2.24. The second kappa shape index (κ2) is 12.6. The van der Waals surface area contributed by atoms with E-state index in [9.17, 15) is 24.6 Å². The van der Waals surface area contributed by atoms with Gasteiger partial charge in [0.25, 0.3) is 5.69 Å². The second-order valence-electron chi connectivity index (χ2n) is 6.40. The first-order chi connectivity index (χ1) is 15.2. The van der Waals surface area contributed by atoms with Gasteiger partial charge in [0.05, 0.1) is 4.92 Å². The van der Waals surface area contributed by atoms with Crippen LogP contribution < -0.4 is 0 Å². The van der Waals surface area contributed by atoms with E-state index in [-0.39, 0.29) is 11.3 Å². The maximum absolute atomic E-state index is 11.3. The summed E-state index contributed by atoms with van der Waals surface area (Å²) < 4.78 is 21.1. The number of ether oxygens (including phenoxy) is 3. The fourth-order valence-corrected chi connectivity index (χ4v) is 3.82. The van der Waals surface area contributed by atoms with Crippen LogP contribution in [0.2, 0.25) is 0 Å². The van der Waals surface area contributed by atoms with Crippen molar-refractivity contribution in [1.82, 2.24) is 0 Å². The van der Waals surface area contributed by atoms with Gasteiger partial charge < -0.3 is 19.1 Å². The molecule has 32 heavy (non-hydrogen) atoms. The van der Waals surface area contributed by atoms with Crippen LogP contribution in [0.4, 0.5) is 5.69 Å². The molecule has 0 fully saturated rings. The molecule has 10 nitrogen and oxygen atoms in total. The highest BCUT2D eigenvalue weighted by molar-refractivity contribution is 9.10. The van der Waals surface area contributed by atoms with Crippen molar-refractivity contribution in [2.75, 3.05) is 13.6 Å². The third kappa shape index (κ3) is 8.25. The molecule has 0 amide bonds. The van der Waals surface area contributed by atoms with Gasteiger partial charge in [-0.1, -0.05) is 34.1 Å². The van der Waals surface area contributed by atoms with Gasteiger partial charge >= 0.3 is 11.9 Å². The Kier molecular flexibility index (Phi) is 10.1. The van der Waals surface area contributed by atoms with E-state index in [0.717, 1.165) is 10.0 Å². The van der Waals surface area contributed by atoms with Crippen LogP contribution >= 0.6 is 24.3 Å². The highest BCUT2D eigenvalue weighted by atomic mass is 79.9. The van der Waals surface area contributed by atoms with Crippen LogP contribution in [0.25, 0.3) is 0 Å². The number of nitrogens with zero attached hydrogens (tertiary/aromatic N) is 1. The number of hydrogen-bond donors (Lipinski definition) is 1. The first-order valence-corrected chi connectivity index (χ1v) is 11.3. The number of rotatable bonds is 11. The third-order valence-electron chi connectivity index (χ3n) is 4.05. The zero-order chi connectivity index (χ0) is 23.7. The molecule has 2 aromatic rings. The molecule has 0 spiro atoms. The van der Waals surface area contributed by atoms with Gasteiger partial charge in [-0.3, -0.25) is 24.2 Å². The van der Waals surface area contributed by atoms with E-state index in [4.69, 9.17) is 14.0 Å². The molecule has 2 atom stereocenters. The van der Waals surface area contributed by atoms with Crippen molar-refractivity contribution in [1.29, 1.82) is 0 Å². The minimum Gasteiger partial charge on any atom is -0.439 e. The monoisotopic (exact) mass is 529 g/mol. The largest absolute Gasteiger partial charge is 0.439 e. The van der Waals surface area contributed by atoms with E-state index in [1.54, 1.807) is 6.07 Å². The van der Waals surface area contributed by atoms with Crippen LogP contribution in [0.3, 0.4) is 0 Å². The van der Waals surface area contributed by atoms with Crippen molar-refractivity contribution in [2.24, 2.45) is 0 Å². The summed E-state index contributed by atoms with van der Waals surface area (Å²) in [4.78, 5) is 43.5. The van der Waals surface area contributed by atoms with Crippen molar-refractivity contribution in [3.63, 3.8) is 0 Å².